The van der Waals surface area contributed by atoms with Crippen LogP contribution in [0.3, 0.4) is 0 Å². The van der Waals surface area contributed by atoms with Crippen LogP contribution in [-0.2, 0) is 17.6 Å². The van der Waals surface area contributed by atoms with Gasteiger partial charge in [0.1, 0.15) is 17.0 Å². The van der Waals surface area contributed by atoms with Crippen LogP contribution in [0, 0.1) is 0 Å². The van der Waals surface area contributed by atoms with Crippen LogP contribution in [-0.4, -0.2) is 28.5 Å². The molecule has 5 nitrogen and oxygen atoms in total. The monoisotopic (exact) mass is 304 g/mol. The van der Waals surface area contributed by atoms with Crippen molar-refractivity contribution in [2.24, 2.45) is 0 Å². The van der Waals surface area contributed by atoms with Gasteiger partial charge in [0.15, 0.2) is 0 Å². The standard InChI is InChI=1S/C15H20N4OS/c1-9(2)19-12(20)6-7-16-14-13-10-4-3-5-11(10)21-15(13)18-8-17-14/h8-9H,3-7H2,1-2H3,(H,19,20)(H,16,17,18). The van der Waals surface area contributed by atoms with E-state index in [0.717, 1.165) is 23.5 Å². The van der Waals surface area contributed by atoms with Crippen LogP contribution < -0.4 is 10.6 Å². The lowest BCUT2D eigenvalue weighted by Gasteiger charge is -2.10. The van der Waals surface area contributed by atoms with Gasteiger partial charge in [0.25, 0.3) is 0 Å². The Labute approximate surface area is 128 Å². The van der Waals surface area contributed by atoms with Gasteiger partial charge in [0.05, 0.1) is 5.39 Å². The van der Waals surface area contributed by atoms with Crippen molar-refractivity contribution in [3.05, 3.63) is 16.8 Å². The molecule has 6 heteroatoms. The number of hydrogen-bond donors (Lipinski definition) is 2. The highest BCUT2D eigenvalue weighted by atomic mass is 32.1. The van der Waals surface area contributed by atoms with E-state index in [4.69, 9.17) is 0 Å². The third kappa shape index (κ3) is 3.00. The Hall–Kier alpha value is -1.69. The van der Waals surface area contributed by atoms with E-state index in [2.05, 4.69) is 20.6 Å². The average Bonchev–Trinajstić information content (AvgIpc) is 2.97. The molecule has 0 aliphatic heterocycles. The second kappa shape index (κ2) is 5.97. The number of anilines is 1. The highest BCUT2D eigenvalue weighted by Crippen LogP contribution is 2.38. The number of amides is 1. The summed E-state index contributed by atoms with van der Waals surface area (Å²) >= 11 is 1.78. The minimum atomic E-state index is 0.0679. The van der Waals surface area contributed by atoms with E-state index in [9.17, 15) is 4.79 Å². The summed E-state index contributed by atoms with van der Waals surface area (Å²) < 4.78 is 0. The van der Waals surface area contributed by atoms with Gasteiger partial charge in [0.2, 0.25) is 5.91 Å². The molecule has 0 saturated heterocycles. The Morgan fingerprint density at radius 1 is 1.38 bits per heavy atom. The van der Waals surface area contributed by atoms with E-state index >= 15 is 0 Å². The first kappa shape index (κ1) is 14.3. The highest BCUT2D eigenvalue weighted by molar-refractivity contribution is 7.19. The fraction of sp³-hybridized carbons (Fsp3) is 0.533. The molecule has 2 aromatic rings. The second-order valence-corrected chi connectivity index (χ2v) is 6.74. The number of aromatic nitrogens is 2. The molecule has 3 rings (SSSR count). The Balaban J connectivity index is 1.71. The first-order chi connectivity index (χ1) is 10.1. The van der Waals surface area contributed by atoms with Crippen LogP contribution in [0.1, 0.15) is 37.1 Å². The molecule has 0 saturated carbocycles. The zero-order valence-corrected chi connectivity index (χ0v) is 13.2. The van der Waals surface area contributed by atoms with E-state index in [1.807, 2.05) is 13.8 Å². The number of fused-ring (bicyclic) bond motifs is 3. The van der Waals surface area contributed by atoms with Crippen molar-refractivity contribution in [3.63, 3.8) is 0 Å². The van der Waals surface area contributed by atoms with Crippen LogP contribution in [0.5, 0.6) is 0 Å². The summed E-state index contributed by atoms with van der Waals surface area (Å²) in [7, 11) is 0. The molecular formula is C15H20N4OS. The first-order valence-electron chi connectivity index (χ1n) is 7.43. The maximum Gasteiger partial charge on any atom is 0.221 e. The molecule has 2 heterocycles. The average molecular weight is 304 g/mol. The highest BCUT2D eigenvalue weighted by Gasteiger charge is 2.21. The smallest absolute Gasteiger partial charge is 0.221 e. The van der Waals surface area contributed by atoms with Gasteiger partial charge < -0.3 is 10.6 Å². The lowest BCUT2D eigenvalue weighted by molar-refractivity contribution is -0.121. The third-order valence-electron chi connectivity index (χ3n) is 3.60. The number of aryl methyl sites for hydroxylation is 2. The zero-order valence-electron chi connectivity index (χ0n) is 12.4. The van der Waals surface area contributed by atoms with E-state index in [0.29, 0.717) is 13.0 Å². The molecule has 0 unspecified atom stereocenters. The summed E-state index contributed by atoms with van der Waals surface area (Å²) in [5.74, 6) is 0.940. The van der Waals surface area contributed by atoms with Gasteiger partial charge in [-0.15, -0.1) is 11.3 Å². The Morgan fingerprint density at radius 3 is 3.05 bits per heavy atom. The van der Waals surface area contributed by atoms with Gasteiger partial charge in [-0.25, -0.2) is 9.97 Å². The fourth-order valence-electron chi connectivity index (χ4n) is 2.75. The molecule has 1 aliphatic carbocycles. The van der Waals surface area contributed by atoms with Gasteiger partial charge in [-0.3, -0.25) is 4.79 Å². The van der Waals surface area contributed by atoms with Crippen LogP contribution in [0.15, 0.2) is 6.33 Å². The maximum atomic E-state index is 11.7. The molecule has 0 spiro atoms. The first-order valence-corrected chi connectivity index (χ1v) is 8.25. The number of thiophene rings is 1. The van der Waals surface area contributed by atoms with Crippen molar-refractivity contribution in [1.82, 2.24) is 15.3 Å². The van der Waals surface area contributed by atoms with E-state index in [1.54, 1.807) is 17.7 Å². The van der Waals surface area contributed by atoms with Gasteiger partial charge in [-0.05, 0) is 38.7 Å². The number of nitrogens with zero attached hydrogens (tertiary/aromatic N) is 2. The second-order valence-electron chi connectivity index (χ2n) is 5.66. The summed E-state index contributed by atoms with van der Waals surface area (Å²) in [5, 5.41) is 7.36. The van der Waals surface area contributed by atoms with E-state index in [-0.39, 0.29) is 11.9 Å². The van der Waals surface area contributed by atoms with Crippen molar-refractivity contribution in [3.8, 4) is 0 Å². The molecule has 112 valence electrons. The number of rotatable bonds is 5. The molecule has 2 aromatic heterocycles. The molecule has 2 N–H and O–H groups in total. The third-order valence-corrected chi connectivity index (χ3v) is 4.80. The molecule has 0 aromatic carbocycles. The summed E-state index contributed by atoms with van der Waals surface area (Å²) in [5.41, 5.74) is 1.41. The van der Waals surface area contributed by atoms with E-state index < -0.39 is 0 Å². The van der Waals surface area contributed by atoms with Crippen molar-refractivity contribution in [2.45, 2.75) is 45.6 Å². The van der Waals surface area contributed by atoms with Gasteiger partial charge >= 0.3 is 0 Å². The number of hydrogen-bond acceptors (Lipinski definition) is 5. The number of nitrogens with one attached hydrogen (secondary N) is 2. The van der Waals surface area contributed by atoms with Gasteiger partial charge in [-0.1, -0.05) is 0 Å². The lowest BCUT2D eigenvalue weighted by atomic mass is 10.2. The molecular weight excluding hydrogens is 284 g/mol. The minimum Gasteiger partial charge on any atom is -0.369 e. The quantitative estimate of drug-likeness (QED) is 0.890. The molecule has 0 atom stereocenters. The minimum absolute atomic E-state index is 0.0679. The van der Waals surface area contributed by atoms with Crippen LogP contribution in [0.2, 0.25) is 0 Å². The fourth-order valence-corrected chi connectivity index (χ4v) is 3.98. The zero-order chi connectivity index (χ0) is 14.8. The molecule has 0 bridgehead atoms. The maximum absolute atomic E-state index is 11.7. The Morgan fingerprint density at radius 2 is 2.24 bits per heavy atom. The largest absolute Gasteiger partial charge is 0.369 e. The van der Waals surface area contributed by atoms with Crippen LogP contribution >= 0.6 is 11.3 Å². The predicted octanol–water partition coefficient (Wildman–Crippen LogP) is 2.51. The Bertz CT molecular complexity index is 665. The summed E-state index contributed by atoms with van der Waals surface area (Å²) in [6.07, 6.45) is 5.56. The Kier molecular flexibility index (Phi) is 4.05. The van der Waals surface area contributed by atoms with Crippen molar-refractivity contribution in [2.75, 3.05) is 11.9 Å². The molecule has 1 aliphatic rings. The number of carbonyl (C=O) groups excluding carboxylic acids is 1. The lowest BCUT2D eigenvalue weighted by Crippen LogP contribution is -2.31. The molecule has 21 heavy (non-hydrogen) atoms. The molecule has 1 amide bonds. The predicted molar refractivity (Wildman–Crippen MR) is 85.8 cm³/mol. The van der Waals surface area contributed by atoms with Crippen molar-refractivity contribution >= 4 is 33.3 Å². The summed E-state index contributed by atoms with van der Waals surface area (Å²) in [4.78, 5) is 22.9. The number of carbonyl (C=O) groups is 1. The molecule has 0 radical (unpaired) electrons. The van der Waals surface area contributed by atoms with Crippen molar-refractivity contribution in [1.29, 1.82) is 0 Å². The van der Waals surface area contributed by atoms with Crippen LogP contribution in [0.25, 0.3) is 10.2 Å². The topological polar surface area (TPSA) is 66.9 Å². The normalized spacial score (nSPS) is 13.7. The summed E-state index contributed by atoms with van der Waals surface area (Å²) in [6.45, 7) is 4.52. The summed E-state index contributed by atoms with van der Waals surface area (Å²) in [6, 6.07) is 0.184. The van der Waals surface area contributed by atoms with Gasteiger partial charge in [0, 0.05) is 23.9 Å². The molecule has 0 fully saturated rings. The van der Waals surface area contributed by atoms with E-state index in [1.165, 1.54) is 22.2 Å². The SMILES string of the molecule is CC(C)NC(=O)CCNc1ncnc2sc3c(c12)CCC3. The van der Waals surface area contributed by atoms with Crippen LogP contribution in [0.4, 0.5) is 5.82 Å². The van der Waals surface area contributed by atoms with Gasteiger partial charge in [-0.2, -0.15) is 0 Å². The van der Waals surface area contributed by atoms with Crippen molar-refractivity contribution < 1.29 is 4.79 Å².